The molecule has 108 valence electrons. The van der Waals surface area contributed by atoms with Gasteiger partial charge in [-0.1, -0.05) is 13.8 Å². The Bertz CT molecular complexity index is 341. The second-order valence-corrected chi connectivity index (χ2v) is 8.16. The summed E-state index contributed by atoms with van der Waals surface area (Å²) in [5, 5.41) is 3.27. The first-order chi connectivity index (χ1) is 8.40. The topological polar surface area (TPSA) is 49.4 Å². The van der Waals surface area contributed by atoms with Crippen molar-refractivity contribution in [3.8, 4) is 0 Å². The monoisotopic (exact) mass is 276 g/mol. The highest BCUT2D eigenvalue weighted by atomic mass is 32.2. The van der Waals surface area contributed by atoms with E-state index < -0.39 is 9.84 Å². The van der Waals surface area contributed by atoms with E-state index in [1.807, 2.05) is 0 Å². The molecule has 1 heterocycles. The maximum Gasteiger partial charge on any atom is 0.153 e. The molecule has 0 bridgehead atoms. The van der Waals surface area contributed by atoms with Crippen LogP contribution in [0.4, 0.5) is 0 Å². The third-order valence-corrected chi connectivity index (χ3v) is 6.15. The van der Waals surface area contributed by atoms with Gasteiger partial charge in [0.2, 0.25) is 0 Å². The van der Waals surface area contributed by atoms with Crippen LogP contribution in [0.3, 0.4) is 0 Å². The fraction of sp³-hybridized carbons (Fsp3) is 1.00. The van der Waals surface area contributed by atoms with Crippen molar-refractivity contribution in [1.82, 2.24) is 10.2 Å². The maximum atomic E-state index is 11.9. The molecule has 1 saturated heterocycles. The van der Waals surface area contributed by atoms with Crippen molar-refractivity contribution in [3.05, 3.63) is 0 Å². The minimum absolute atomic E-state index is 0.262. The molecule has 0 saturated carbocycles. The molecule has 0 aromatic rings. The highest BCUT2D eigenvalue weighted by Gasteiger charge is 2.27. The Labute approximate surface area is 112 Å². The molecule has 2 unspecified atom stereocenters. The lowest BCUT2D eigenvalue weighted by atomic mass is 10.1. The molecule has 0 aromatic carbocycles. The van der Waals surface area contributed by atoms with Gasteiger partial charge < -0.3 is 5.32 Å². The van der Waals surface area contributed by atoms with Crippen LogP contribution >= 0.6 is 0 Å². The predicted octanol–water partition coefficient (Wildman–Crippen LogP) is 1.27. The average Bonchev–Trinajstić information content (AvgIpc) is 2.35. The number of hydrogen-bond donors (Lipinski definition) is 1. The van der Waals surface area contributed by atoms with Gasteiger partial charge in [0.1, 0.15) is 0 Å². The van der Waals surface area contributed by atoms with Crippen LogP contribution in [0.15, 0.2) is 0 Å². The molecule has 0 amide bonds. The highest BCUT2D eigenvalue weighted by molar-refractivity contribution is 7.92. The van der Waals surface area contributed by atoms with Crippen LogP contribution in [0.5, 0.6) is 0 Å². The number of hydrogen-bond acceptors (Lipinski definition) is 4. The zero-order valence-electron chi connectivity index (χ0n) is 12.1. The van der Waals surface area contributed by atoms with Crippen LogP contribution in [0.2, 0.25) is 0 Å². The van der Waals surface area contributed by atoms with E-state index in [-0.39, 0.29) is 11.0 Å². The highest BCUT2D eigenvalue weighted by Crippen LogP contribution is 2.13. The summed E-state index contributed by atoms with van der Waals surface area (Å²) in [5.74, 6) is 0.289. The molecule has 1 fully saturated rings. The molecule has 0 aliphatic carbocycles. The molecule has 1 N–H and O–H groups in total. The lowest BCUT2D eigenvalue weighted by Crippen LogP contribution is -2.57. The van der Waals surface area contributed by atoms with Gasteiger partial charge in [-0.2, -0.15) is 0 Å². The van der Waals surface area contributed by atoms with E-state index in [0.717, 1.165) is 25.9 Å². The summed E-state index contributed by atoms with van der Waals surface area (Å²) >= 11 is 0. The van der Waals surface area contributed by atoms with Gasteiger partial charge in [0.25, 0.3) is 0 Å². The van der Waals surface area contributed by atoms with Gasteiger partial charge >= 0.3 is 0 Å². The van der Waals surface area contributed by atoms with Crippen LogP contribution in [0, 0.1) is 0 Å². The number of sulfone groups is 1. The summed E-state index contributed by atoms with van der Waals surface area (Å²) in [6, 6.07) is 0.990. The Kier molecular flexibility index (Phi) is 6.08. The second kappa shape index (κ2) is 6.87. The van der Waals surface area contributed by atoms with Crippen LogP contribution in [0.25, 0.3) is 0 Å². The van der Waals surface area contributed by atoms with Crippen molar-refractivity contribution in [3.63, 3.8) is 0 Å². The van der Waals surface area contributed by atoms with Gasteiger partial charge in [-0.25, -0.2) is 8.42 Å². The predicted molar refractivity (Wildman–Crippen MR) is 76.7 cm³/mol. The van der Waals surface area contributed by atoms with Gasteiger partial charge in [-0.15, -0.1) is 0 Å². The number of nitrogens with zero attached hydrogens (tertiary/aromatic N) is 1. The molecule has 0 aromatic heterocycles. The molecule has 1 aliphatic heterocycles. The Balaban J connectivity index is 2.57. The minimum atomic E-state index is -2.92. The summed E-state index contributed by atoms with van der Waals surface area (Å²) in [5.41, 5.74) is 0. The Hall–Kier alpha value is -0.130. The normalized spacial score (nSPS) is 26.7. The zero-order valence-corrected chi connectivity index (χ0v) is 13.0. The summed E-state index contributed by atoms with van der Waals surface area (Å²) in [6.07, 6.45) is 2.18. The summed E-state index contributed by atoms with van der Waals surface area (Å²) in [4.78, 5) is 2.35. The van der Waals surface area contributed by atoms with E-state index in [1.165, 1.54) is 0 Å². The largest absolute Gasteiger partial charge is 0.311 e. The molecular weight excluding hydrogens is 248 g/mol. The van der Waals surface area contributed by atoms with E-state index >= 15 is 0 Å². The first kappa shape index (κ1) is 15.9. The first-order valence-corrected chi connectivity index (χ1v) is 8.81. The van der Waals surface area contributed by atoms with Crippen molar-refractivity contribution in [2.45, 2.75) is 57.9 Å². The van der Waals surface area contributed by atoms with Gasteiger partial charge in [-0.05, 0) is 26.7 Å². The quantitative estimate of drug-likeness (QED) is 0.794. The molecule has 0 spiro atoms. The van der Waals surface area contributed by atoms with Crippen molar-refractivity contribution in [2.75, 3.05) is 25.4 Å². The average molecular weight is 276 g/mol. The molecule has 5 heteroatoms. The van der Waals surface area contributed by atoms with Gasteiger partial charge in [0.05, 0.1) is 11.0 Å². The van der Waals surface area contributed by atoms with Crippen molar-refractivity contribution < 1.29 is 8.42 Å². The molecule has 18 heavy (non-hydrogen) atoms. The van der Waals surface area contributed by atoms with Crippen molar-refractivity contribution >= 4 is 9.84 Å². The maximum absolute atomic E-state index is 11.9. The lowest BCUT2D eigenvalue weighted by molar-refractivity contribution is 0.132. The standard InChI is InChI=1S/C13H28N2O2S/c1-5-12-10-15(13(6-2)9-14-12)7-8-18(16,17)11(3)4/h11-14H,5-10H2,1-4H3. The third-order valence-electron chi connectivity index (χ3n) is 3.96. The molecule has 1 rings (SSSR count). The van der Waals surface area contributed by atoms with Crippen molar-refractivity contribution in [2.24, 2.45) is 0 Å². The van der Waals surface area contributed by atoms with E-state index in [0.29, 0.717) is 18.6 Å². The number of nitrogens with one attached hydrogen (secondary N) is 1. The van der Waals surface area contributed by atoms with Gasteiger partial charge in [0.15, 0.2) is 9.84 Å². The fourth-order valence-electron chi connectivity index (χ4n) is 2.36. The Morgan fingerprint density at radius 2 is 1.94 bits per heavy atom. The van der Waals surface area contributed by atoms with E-state index in [9.17, 15) is 8.42 Å². The molecule has 0 radical (unpaired) electrons. The van der Waals surface area contributed by atoms with Gasteiger partial charge in [0, 0.05) is 31.7 Å². The molecule has 2 atom stereocenters. The summed E-state index contributed by atoms with van der Waals surface area (Å²) in [6.45, 7) is 10.5. The lowest BCUT2D eigenvalue weighted by Gasteiger charge is -2.40. The fourth-order valence-corrected chi connectivity index (χ4v) is 3.32. The number of piperazine rings is 1. The smallest absolute Gasteiger partial charge is 0.153 e. The molecule has 4 nitrogen and oxygen atoms in total. The van der Waals surface area contributed by atoms with Gasteiger partial charge in [-0.3, -0.25) is 4.90 Å². The van der Waals surface area contributed by atoms with Crippen LogP contribution in [-0.4, -0.2) is 56.0 Å². The van der Waals surface area contributed by atoms with Crippen LogP contribution in [0.1, 0.15) is 40.5 Å². The molecular formula is C13H28N2O2S. The van der Waals surface area contributed by atoms with Crippen molar-refractivity contribution in [1.29, 1.82) is 0 Å². The van der Waals surface area contributed by atoms with E-state index in [1.54, 1.807) is 13.8 Å². The summed E-state index contributed by atoms with van der Waals surface area (Å²) in [7, 11) is -2.92. The molecule has 1 aliphatic rings. The number of rotatable bonds is 6. The summed E-state index contributed by atoms with van der Waals surface area (Å²) < 4.78 is 23.8. The van der Waals surface area contributed by atoms with Crippen LogP contribution in [-0.2, 0) is 9.84 Å². The van der Waals surface area contributed by atoms with E-state index in [4.69, 9.17) is 0 Å². The Morgan fingerprint density at radius 3 is 2.44 bits per heavy atom. The first-order valence-electron chi connectivity index (χ1n) is 7.09. The SMILES string of the molecule is CCC1CN(CCS(=O)(=O)C(C)C)C(CC)CN1. The Morgan fingerprint density at radius 1 is 1.28 bits per heavy atom. The zero-order chi connectivity index (χ0) is 13.8. The minimum Gasteiger partial charge on any atom is -0.311 e. The van der Waals surface area contributed by atoms with E-state index in [2.05, 4.69) is 24.1 Å². The third kappa shape index (κ3) is 4.21. The van der Waals surface area contributed by atoms with Crippen LogP contribution < -0.4 is 5.32 Å². The second-order valence-electron chi connectivity index (χ2n) is 5.49.